The molecule has 0 bridgehead atoms. The fraction of sp³-hybridized carbons (Fsp3) is 0.217. The molecule has 144 valence electrons. The Balaban J connectivity index is 1.85. The number of benzene rings is 2. The summed E-state index contributed by atoms with van der Waals surface area (Å²) in [6.45, 7) is 6.15. The van der Waals surface area contributed by atoms with Crippen LogP contribution in [-0.4, -0.2) is 15.5 Å². The first-order valence-electron chi connectivity index (χ1n) is 9.14. The van der Waals surface area contributed by atoms with Crippen molar-refractivity contribution in [2.45, 2.75) is 26.8 Å². The molecular weight excluding hydrogens is 353 g/mol. The number of amides is 1. The van der Waals surface area contributed by atoms with Crippen LogP contribution in [0.2, 0.25) is 0 Å². The minimum Gasteiger partial charge on any atom is -0.339 e. The van der Waals surface area contributed by atoms with Gasteiger partial charge < -0.3 is 9.88 Å². The van der Waals surface area contributed by atoms with E-state index in [1.807, 2.05) is 30.8 Å². The maximum atomic E-state index is 13.3. The van der Waals surface area contributed by atoms with E-state index in [1.54, 1.807) is 18.3 Å². The van der Waals surface area contributed by atoms with Crippen molar-refractivity contribution in [2.75, 3.05) is 0 Å². The van der Waals surface area contributed by atoms with Crippen molar-refractivity contribution >= 4 is 12.0 Å². The van der Waals surface area contributed by atoms with Gasteiger partial charge >= 0.3 is 0 Å². The van der Waals surface area contributed by atoms with Crippen molar-refractivity contribution < 1.29 is 9.18 Å². The van der Waals surface area contributed by atoms with Gasteiger partial charge in [-0.15, -0.1) is 0 Å². The van der Waals surface area contributed by atoms with Gasteiger partial charge in [-0.25, -0.2) is 9.37 Å². The lowest BCUT2D eigenvalue weighted by atomic mass is 10.0. The molecule has 0 saturated carbocycles. The van der Waals surface area contributed by atoms with Gasteiger partial charge in [-0.1, -0.05) is 24.3 Å². The zero-order valence-corrected chi connectivity index (χ0v) is 16.5. The lowest BCUT2D eigenvalue weighted by Gasteiger charge is -2.18. The summed E-state index contributed by atoms with van der Waals surface area (Å²) in [5, 5.41) is 2.98. The molecule has 1 atom stereocenters. The van der Waals surface area contributed by atoms with Crippen LogP contribution in [0.5, 0.6) is 0 Å². The number of carbonyl (C=O) groups excluding carboxylic acids is 1. The number of nitrogens with one attached hydrogen (secondary N) is 1. The molecule has 1 aromatic heterocycles. The van der Waals surface area contributed by atoms with E-state index in [2.05, 4.69) is 36.3 Å². The van der Waals surface area contributed by atoms with E-state index in [4.69, 9.17) is 0 Å². The molecule has 5 heteroatoms. The highest BCUT2D eigenvalue weighted by Gasteiger charge is 2.20. The molecule has 0 aliphatic carbocycles. The zero-order valence-electron chi connectivity index (χ0n) is 16.5. The third-order valence-corrected chi connectivity index (χ3v) is 4.90. The molecular formula is C23H24FN3O. The Morgan fingerprint density at radius 2 is 1.79 bits per heavy atom. The van der Waals surface area contributed by atoms with Gasteiger partial charge in [0.05, 0.1) is 0 Å². The number of hydrogen-bond acceptors (Lipinski definition) is 2. The van der Waals surface area contributed by atoms with E-state index in [0.29, 0.717) is 5.82 Å². The Hall–Kier alpha value is -3.21. The Labute approximate surface area is 164 Å². The monoisotopic (exact) mass is 377 g/mol. The number of aryl methyl sites for hydroxylation is 4. The van der Waals surface area contributed by atoms with Gasteiger partial charge in [-0.2, -0.15) is 0 Å². The number of nitrogens with zero attached hydrogens (tertiary/aromatic N) is 2. The van der Waals surface area contributed by atoms with Gasteiger partial charge in [0.25, 0.3) is 0 Å². The van der Waals surface area contributed by atoms with Crippen molar-refractivity contribution in [1.29, 1.82) is 0 Å². The summed E-state index contributed by atoms with van der Waals surface area (Å²) in [5.41, 5.74) is 5.30. The fourth-order valence-electron chi connectivity index (χ4n) is 3.13. The molecule has 0 aliphatic heterocycles. The predicted molar refractivity (Wildman–Crippen MR) is 109 cm³/mol. The lowest BCUT2D eigenvalue weighted by molar-refractivity contribution is -0.117. The van der Waals surface area contributed by atoms with Gasteiger partial charge in [-0.05, 0) is 66.8 Å². The number of hydrogen-bond donors (Lipinski definition) is 1. The van der Waals surface area contributed by atoms with E-state index in [0.717, 1.165) is 16.7 Å². The van der Waals surface area contributed by atoms with Crippen LogP contribution < -0.4 is 5.32 Å². The average Bonchev–Trinajstić information content (AvgIpc) is 3.08. The van der Waals surface area contributed by atoms with Crippen LogP contribution in [0.15, 0.2) is 54.9 Å². The molecule has 0 radical (unpaired) electrons. The minimum atomic E-state index is -0.474. The molecule has 4 nitrogen and oxygen atoms in total. The third-order valence-electron chi connectivity index (χ3n) is 4.90. The van der Waals surface area contributed by atoms with Crippen molar-refractivity contribution in [3.63, 3.8) is 0 Å². The van der Waals surface area contributed by atoms with Crippen LogP contribution in [0.1, 0.15) is 39.7 Å². The van der Waals surface area contributed by atoms with Crippen molar-refractivity contribution in [3.05, 3.63) is 94.3 Å². The smallest absolute Gasteiger partial charge is 0.244 e. The number of imidazole rings is 1. The lowest BCUT2D eigenvalue weighted by Crippen LogP contribution is -2.29. The molecule has 1 unspecified atom stereocenters. The second kappa shape index (κ2) is 8.21. The van der Waals surface area contributed by atoms with E-state index in [9.17, 15) is 9.18 Å². The number of aromatic nitrogens is 2. The molecule has 28 heavy (non-hydrogen) atoms. The maximum absolute atomic E-state index is 13.3. The van der Waals surface area contributed by atoms with Crippen LogP contribution in [0.4, 0.5) is 4.39 Å². The normalized spacial score (nSPS) is 12.3. The average molecular weight is 377 g/mol. The van der Waals surface area contributed by atoms with E-state index in [-0.39, 0.29) is 11.7 Å². The molecule has 3 rings (SSSR count). The highest BCUT2D eigenvalue weighted by atomic mass is 19.1. The zero-order chi connectivity index (χ0) is 20.3. The Morgan fingerprint density at radius 3 is 2.43 bits per heavy atom. The van der Waals surface area contributed by atoms with Gasteiger partial charge in [0.15, 0.2) is 0 Å². The molecule has 1 heterocycles. The first-order valence-corrected chi connectivity index (χ1v) is 9.14. The summed E-state index contributed by atoms with van der Waals surface area (Å²) >= 11 is 0. The molecule has 0 aliphatic rings. The standard InChI is InChI=1S/C23H24FN3O/c1-15-13-17(3)19(14-16(15)2)7-10-21(28)26-22(23-25-11-12-27(23)4)18-5-8-20(24)9-6-18/h5-14,22H,1-4H3,(H,26,28)/b10-7+. The van der Waals surface area contributed by atoms with Crippen LogP contribution >= 0.6 is 0 Å². The molecule has 3 aromatic rings. The second-order valence-corrected chi connectivity index (χ2v) is 7.02. The van der Waals surface area contributed by atoms with Crippen LogP contribution in [0.3, 0.4) is 0 Å². The summed E-state index contributed by atoms with van der Waals surface area (Å²) in [6.07, 6.45) is 6.83. The van der Waals surface area contributed by atoms with E-state index in [1.165, 1.54) is 29.3 Å². The van der Waals surface area contributed by atoms with Crippen LogP contribution in [0.25, 0.3) is 6.08 Å². The highest BCUT2D eigenvalue weighted by molar-refractivity contribution is 5.92. The first-order chi connectivity index (χ1) is 13.3. The molecule has 1 amide bonds. The Bertz CT molecular complexity index is 1020. The van der Waals surface area contributed by atoms with Crippen molar-refractivity contribution in [3.8, 4) is 0 Å². The predicted octanol–water partition coefficient (Wildman–Crippen LogP) is 4.40. The first kappa shape index (κ1) is 19.5. The van der Waals surface area contributed by atoms with Gasteiger partial charge in [0, 0.05) is 25.5 Å². The topological polar surface area (TPSA) is 46.9 Å². The quantitative estimate of drug-likeness (QED) is 0.670. The summed E-state index contributed by atoms with van der Waals surface area (Å²) < 4.78 is 15.2. The summed E-state index contributed by atoms with van der Waals surface area (Å²) in [4.78, 5) is 17.0. The molecule has 0 fully saturated rings. The number of rotatable bonds is 5. The minimum absolute atomic E-state index is 0.241. The summed E-state index contributed by atoms with van der Waals surface area (Å²) in [7, 11) is 1.86. The largest absolute Gasteiger partial charge is 0.339 e. The maximum Gasteiger partial charge on any atom is 0.244 e. The molecule has 0 saturated heterocycles. The van der Waals surface area contributed by atoms with Crippen LogP contribution in [-0.2, 0) is 11.8 Å². The van der Waals surface area contributed by atoms with E-state index < -0.39 is 6.04 Å². The van der Waals surface area contributed by atoms with Gasteiger partial charge in [0.2, 0.25) is 5.91 Å². The molecule has 0 spiro atoms. The van der Waals surface area contributed by atoms with Gasteiger partial charge in [-0.3, -0.25) is 4.79 Å². The highest BCUT2D eigenvalue weighted by Crippen LogP contribution is 2.21. The molecule has 1 N–H and O–H groups in total. The SMILES string of the molecule is Cc1cc(C)c(/C=C/C(=O)NC(c2ccc(F)cc2)c2nccn2C)cc1C. The van der Waals surface area contributed by atoms with Crippen molar-refractivity contribution in [2.24, 2.45) is 7.05 Å². The number of halogens is 1. The summed E-state index contributed by atoms with van der Waals surface area (Å²) in [6, 6.07) is 9.79. The van der Waals surface area contributed by atoms with Gasteiger partial charge in [0.1, 0.15) is 17.7 Å². The molecule has 2 aromatic carbocycles. The second-order valence-electron chi connectivity index (χ2n) is 7.02. The number of carbonyl (C=O) groups is 1. The van der Waals surface area contributed by atoms with Crippen LogP contribution in [0, 0.1) is 26.6 Å². The Kier molecular flexibility index (Phi) is 5.73. The third kappa shape index (κ3) is 4.36. The van der Waals surface area contributed by atoms with E-state index >= 15 is 0 Å². The van der Waals surface area contributed by atoms with Crippen molar-refractivity contribution in [1.82, 2.24) is 14.9 Å². The Morgan fingerprint density at radius 1 is 1.11 bits per heavy atom. The summed E-state index contributed by atoms with van der Waals surface area (Å²) in [5.74, 6) is 0.115. The fourth-order valence-corrected chi connectivity index (χ4v) is 3.13.